The van der Waals surface area contributed by atoms with Gasteiger partial charge in [0.1, 0.15) is 0 Å². The Hall–Kier alpha value is -3.81. The molecule has 0 atom stereocenters. The number of fused-ring (bicyclic) bond motifs is 2. The van der Waals surface area contributed by atoms with Crippen LogP contribution in [0.2, 0.25) is 0 Å². The minimum atomic E-state index is 0.718. The first-order chi connectivity index (χ1) is 18.7. The quantitative estimate of drug-likeness (QED) is 0.265. The highest BCUT2D eigenvalue weighted by atomic mass is 32.1. The predicted molar refractivity (Wildman–Crippen MR) is 155 cm³/mol. The topological polar surface area (TPSA) is 73.5 Å². The summed E-state index contributed by atoms with van der Waals surface area (Å²) >= 11 is 1.83. The molecular formula is C31H30N6S. The van der Waals surface area contributed by atoms with Gasteiger partial charge in [0.2, 0.25) is 0 Å². The number of nitrogens with zero attached hydrogens (tertiary/aromatic N) is 4. The van der Waals surface area contributed by atoms with E-state index in [1.807, 2.05) is 29.9 Å². The van der Waals surface area contributed by atoms with Gasteiger partial charge >= 0.3 is 0 Å². The number of aromatic nitrogens is 5. The zero-order valence-corrected chi connectivity index (χ0v) is 22.3. The lowest BCUT2D eigenvalue weighted by atomic mass is 10.0. The molecule has 38 heavy (non-hydrogen) atoms. The molecule has 0 unspecified atom stereocenters. The molecule has 1 aliphatic heterocycles. The van der Waals surface area contributed by atoms with E-state index in [-0.39, 0.29) is 0 Å². The summed E-state index contributed by atoms with van der Waals surface area (Å²) in [4.78, 5) is 18.1. The van der Waals surface area contributed by atoms with Gasteiger partial charge in [-0.1, -0.05) is 24.6 Å². The van der Waals surface area contributed by atoms with Gasteiger partial charge in [-0.2, -0.15) is 5.10 Å². The van der Waals surface area contributed by atoms with E-state index in [0.29, 0.717) is 0 Å². The van der Waals surface area contributed by atoms with Crippen molar-refractivity contribution in [1.29, 1.82) is 0 Å². The van der Waals surface area contributed by atoms with Gasteiger partial charge < -0.3 is 4.98 Å². The van der Waals surface area contributed by atoms with Crippen molar-refractivity contribution >= 4 is 27.9 Å². The summed E-state index contributed by atoms with van der Waals surface area (Å²) in [6.45, 7) is 5.46. The number of H-pyrrole nitrogens is 2. The van der Waals surface area contributed by atoms with Crippen molar-refractivity contribution in [2.24, 2.45) is 0 Å². The van der Waals surface area contributed by atoms with Crippen LogP contribution in [-0.4, -0.2) is 43.1 Å². The zero-order chi connectivity index (χ0) is 25.5. The lowest BCUT2D eigenvalue weighted by Gasteiger charge is -2.26. The van der Waals surface area contributed by atoms with Crippen molar-refractivity contribution in [2.45, 2.75) is 39.2 Å². The fourth-order valence-corrected chi connectivity index (χ4v) is 6.54. The maximum atomic E-state index is 4.70. The molecule has 1 aliphatic carbocycles. The number of rotatable bonds is 5. The Balaban J connectivity index is 1.24. The standard InChI is InChI=1S/C31H30N6S/c1-20-9-10-29(38-20)24-7-3-4-8-27-25(24)15-28(34-27)30-26-14-23(18-33-31(26)36-35-30)22-13-21(16-32-17-22)19-37-11-5-2-6-12-37/h3-4,7,9-10,13-18,34H,2,5-6,8,11-12,19H2,1H3,(H,33,35,36). The van der Waals surface area contributed by atoms with E-state index < -0.39 is 0 Å². The number of aryl methyl sites for hydroxylation is 1. The molecule has 2 aliphatic rings. The predicted octanol–water partition coefficient (Wildman–Crippen LogP) is 6.91. The molecule has 1 saturated heterocycles. The highest BCUT2D eigenvalue weighted by Crippen LogP contribution is 2.37. The Morgan fingerprint density at radius 2 is 1.89 bits per heavy atom. The first kappa shape index (κ1) is 23.3. The van der Waals surface area contributed by atoms with Crippen LogP contribution in [0, 0.1) is 6.92 Å². The molecule has 0 radical (unpaired) electrons. The van der Waals surface area contributed by atoms with E-state index in [9.17, 15) is 0 Å². The molecule has 0 bridgehead atoms. The molecule has 0 aromatic carbocycles. The molecule has 0 amide bonds. The number of piperidine rings is 1. The van der Waals surface area contributed by atoms with Gasteiger partial charge in [0.05, 0.1) is 11.4 Å². The van der Waals surface area contributed by atoms with Crippen molar-refractivity contribution in [2.75, 3.05) is 13.1 Å². The minimum Gasteiger partial charge on any atom is -0.356 e. The number of likely N-dealkylation sites (tertiary alicyclic amines) is 1. The van der Waals surface area contributed by atoms with Crippen LogP contribution < -0.4 is 0 Å². The number of pyridine rings is 2. The molecule has 6 heterocycles. The largest absolute Gasteiger partial charge is 0.356 e. The summed E-state index contributed by atoms with van der Waals surface area (Å²) in [7, 11) is 0. The molecule has 7 rings (SSSR count). The van der Waals surface area contributed by atoms with Gasteiger partial charge in [0.25, 0.3) is 0 Å². The molecule has 190 valence electrons. The SMILES string of the molecule is Cc1ccc(C2=CC=CCc3[nH]c(-c4[nH]nc5ncc(-c6cncc(CN7CCCCC7)c6)cc45)cc32)s1. The van der Waals surface area contributed by atoms with E-state index in [2.05, 4.69) is 80.5 Å². The average molecular weight is 519 g/mol. The molecule has 5 aromatic heterocycles. The van der Waals surface area contributed by atoms with Gasteiger partial charge in [-0.25, -0.2) is 4.98 Å². The van der Waals surface area contributed by atoms with Gasteiger partial charge in [-0.3, -0.25) is 15.0 Å². The third-order valence-electron chi connectivity index (χ3n) is 7.58. The molecule has 1 fully saturated rings. The first-order valence-corrected chi connectivity index (χ1v) is 14.2. The summed E-state index contributed by atoms with van der Waals surface area (Å²) < 4.78 is 0. The van der Waals surface area contributed by atoms with E-state index >= 15 is 0 Å². The number of hydrogen-bond acceptors (Lipinski definition) is 5. The van der Waals surface area contributed by atoms with Crippen LogP contribution in [0.25, 0.3) is 39.1 Å². The third kappa shape index (κ3) is 4.42. The van der Waals surface area contributed by atoms with E-state index in [4.69, 9.17) is 4.98 Å². The summed E-state index contributed by atoms with van der Waals surface area (Å²) in [6, 6.07) is 11.1. The van der Waals surface area contributed by atoms with Crippen LogP contribution in [0.3, 0.4) is 0 Å². The Labute approximate surface area is 226 Å². The lowest BCUT2D eigenvalue weighted by Crippen LogP contribution is -2.29. The summed E-state index contributed by atoms with van der Waals surface area (Å²) in [5.74, 6) is 0. The van der Waals surface area contributed by atoms with Crippen molar-refractivity contribution < 1.29 is 0 Å². The second-order valence-electron chi connectivity index (χ2n) is 10.3. The molecular weight excluding hydrogens is 488 g/mol. The van der Waals surface area contributed by atoms with Gasteiger partial charge in [-0.15, -0.1) is 11.3 Å². The minimum absolute atomic E-state index is 0.718. The summed E-state index contributed by atoms with van der Waals surface area (Å²) in [5, 5.41) is 8.79. The van der Waals surface area contributed by atoms with Gasteiger partial charge in [0.15, 0.2) is 5.65 Å². The molecule has 5 aromatic rings. The van der Waals surface area contributed by atoms with E-state index in [1.165, 1.54) is 64.5 Å². The first-order valence-electron chi connectivity index (χ1n) is 13.4. The molecule has 0 saturated carbocycles. The number of nitrogens with one attached hydrogen (secondary N) is 2. The summed E-state index contributed by atoms with van der Waals surface area (Å²) in [5.41, 5.74) is 9.82. The van der Waals surface area contributed by atoms with Crippen molar-refractivity contribution in [3.8, 4) is 22.5 Å². The van der Waals surface area contributed by atoms with Gasteiger partial charge in [-0.05, 0) is 68.8 Å². The van der Waals surface area contributed by atoms with Crippen molar-refractivity contribution in [1.82, 2.24) is 30.0 Å². The Morgan fingerprint density at radius 1 is 1.00 bits per heavy atom. The second-order valence-corrected chi connectivity index (χ2v) is 11.6. The molecule has 2 N–H and O–H groups in total. The van der Waals surface area contributed by atoms with Gasteiger partial charge in [0, 0.05) is 74.7 Å². The van der Waals surface area contributed by atoms with Crippen LogP contribution in [0.5, 0.6) is 0 Å². The van der Waals surface area contributed by atoms with Crippen LogP contribution in [0.1, 0.15) is 45.8 Å². The highest BCUT2D eigenvalue weighted by Gasteiger charge is 2.19. The Bertz CT molecular complexity index is 1680. The second kappa shape index (κ2) is 9.82. The van der Waals surface area contributed by atoms with Crippen molar-refractivity contribution in [3.63, 3.8) is 0 Å². The van der Waals surface area contributed by atoms with Crippen LogP contribution in [0.15, 0.2) is 67.2 Å². The number of thiophene rings is 1. The van der Waals surface area contributed by atoms with Crippen LogP contribution in [0.4, 0.5) is 0 Å². The maximum Gasteiger partial charge on any atom is 0.181 e. The summed E-state index contributed by atoms with van der Waals surface area (Å²) in [6.07, 6.45) is 17.2. The monoisotopic (exact) mass is 518 g/mol. The highest BCUT2D eigenvalue weighted by molar-refractivity contribution is 7.13. The number of hydrogen-bond donors (Lipinski definition) is 2. The Kier molecular flexibility index (Phi) is 6.02. The fourth-order valence-electron chi connectivity index (χ4n) is 5.64. The van der Waals surface area contributed by atoms with Crippen LogP contribution >= 0.6 is 11.3 Å². The average Bonchev–Trinajstić information content (AvgIpc) is 3.65. The lowest BCUT2D eigenvalue weighted by molar-refractivity contribution is 0.220. The van der Waals surface area contributed by atoms with E-state index in [0.717, 1.165) is 46.5 Å². The number of allylic oxidation sites excluding steroid dienone is 3. The molecule has 6 nitrogen and oxygen atoms in total. The van der Waals surface area contributed by atoms with Crippen molar-refractivity contribution in [3.05, 3.63) is 93.7 Å². The molecule has 7 heteroatoms. The zero-order valence-electron chi connectivity index (χ0n) is 21.5. The normalized spacial score (nSPS) is 16.0. The fraction of sp³-hybridized carbons (Fsp3) is 0.258. The smallest absolute Gasteiger partial charge is 0.181 e. The molecule has 0 spiro atoms. The maximum absolute atomic E-state index is 4.70. The van der Waals surface area contributed by atoms with E-state index in [1.54, 1.807) is 0 Å². The van der Waals surface area contributed by atoms with Crippen LogP contribution in [-0.2, 0) is 13.0 Å². The third-order valence-corrected chi connectivity index (χ3v) is 8.61. The number of aromatic amines is 2. The Morgan fingerprint density at radius 3 is 2.76 bits per heavy atom.